The van der Waals surface area contributed by atoms with E-state index in [1.165, 1.54) is 50.4 Å². The third kappa shape index (κ3) is 5.73. The Hall–Kier alpha value is -2.54. The van der Waals surface area contributed by atoms with E-state index < -0.39 is 31.0 Å². The van der Waals surface area contributed by atoms with E-state index in [-0.39, 0.29) is 27.8 Å². The fraction of sp³-hybridized carbons (Fsp3) is 0.294. The molecule has 1 atom stereocenters. The number of rotatable bonds is 9. The van der Waals surface area contributed by atoms with Gasteiger partial charge in [-0.2, -0.15) is 0 Å². The molecule has 0 radical (unpaired) electrons. The molecule has 2 aromatic carbocycles. The van der Waals surface area contributed by atoms with E-state index in [0.717, 1.165) is 6.07 Å². The highest BCUT2D eigenvalue weighted by Gasteiger charge is 2.22. The molecule has 0 aliphatic rings. The number of nitrogens with zero attached hydrogens (tertiary/aromatic N) is 1. The van der Waals surface area contributed by atoms with Crippen molar-refractivity contribution in [1.82, 2.24) is 4.72 Å². The lowest BCUT2D eigenvalue weighted by atomic mass is 10.2. The third-order valence-electron chi connectivity index (χ3n) is 3.86. The topological polar surface area (TPSA) is 145 Å². The molecular weight excluding hydrogens is 422 g/mol. The number of nitrogens with one attached hydrogen (secondary N) is 2. The van der Waals surface area contributed by atoms with Crippen LogP contribution in [0.1, 0.15) is 12.5 Å². The van der Waals surface area contributed by atoms with Crippen molar-refractivity contribution in [2.45, 2.75) is 29.7 Å². The first-order chi connectivity index (χ1) is 13.5. The Balaban J connectivity index is 2.25. The summed E-state index contributed by atoms with van der Waals surface area (Å²) in [4.78, 5) is 9.95. The summed E-state index contributed by atoms with van der Waals surface area (Å²) in [5.41, 5.74) is 0.0899. The Kier molecular flexibility index (Phi) is 6.95. The molecule has 0 saturated carbocycles. The van der Waals surface area contributed by atoms with Crippen molar-refractivity contribution in [3.05, 3.63) is 58.1 Å². The number of benzene rings is 2. The summed E-state index contributed by atoms with van der Waals surface area (Å²) >= 11 is 0. The van der Waals surface area contributed by atoms with Gasteiger partial charge in [-0.05, 0) is 43.7 Å². The minimum Gasteiger partial charge on any atom is -0.383 e. The van der Waals surface area contributed by atoms with Crippen molar-refractivity contribution in [2.75, 3.05) is 18.4 Å². The molecule has 10 nitrogen and oxygen atoms in total. The van der Waals surface area contributed by atoms with Crippen LogP contribution < -0.4 is 9.44 Å². The van der Waals surface area contributed by atoms with Gasteiger partial charge in [-0.15, -0.1) is 0 Å². The van der Waals surface area contributed by atoms with Gasteiger partial charge in [-0.3, -0.25) is 14.8 Å². The van der Waals surface area contributed by atoms with E-state index >= 15 is 0 Å². The van der Waals surface area contributed by atoms with Gasteiger partial charge < -0.3 is 4.74 Å². The minimum absolute atomic E-state index is 0.0464. The number of non-ortho nitro benzene ring substituents is 1. The predicted octanol–water partition coefficient (Wildman–Crippen LogP) is 2.02. The predicted molar refractivity (Wildman–Crippen MR) is 107 cm³/mol. The van der Waals surface area contributed by atoms with Crippen LogP contribution in [0.4, 0.5) is 11.4 Å². The molecule has 0 bridgehead atoms. The Morgan fingerprint density at radius 1 is 1.07 bits per heavy atom. The van der Waals surface area contributed by atoms with Gasteiger partial charge in [0.1, 0.15) is 0 Å². The van der Waals surface area contributed by atoms with Crippen LogP contribution in [0.5, 0.6) is 0 Å². The highest BCUT2D eigenvalue weighted by Crippen LogP contribution is 2.24. The van der Waals surface area contributed by atoms with E-state index in [1.54, 1.807) is 6.92 Å². The molecule has 0 spiro atoms. The van der Waals surface area contributed by atoms with Crippen LogP contribution in [0.25, 0.3) is 0 Å². The maximum atomic E-state index is 12.6. The van der Waals surface area contributed by atoms with Crippen molar-refractivity contribution in [3.8, 4) is 0 Å². The van der Waals surface area contributed by atoms with Crippen LogP contribution >= 0.6 is 0 Å². The van der Waals surface area contributed by atoms with Gasteiger partial charge in [0.2, 0.25) is 10.0 Å². The summed E-state index contributed by atoms with van der Waals surface area (Å²) in [6.07, 6.45) is 0. The Morgan fingerprint density at radius 2 is 1.69 bits per heavy atom. The van der Waals surface area contributed by atoms with E-state index in [2.05, 4.69) is 9.44 Å². The molecular formula is C17H21N3O7S2. The second kappa shape index (κ2) is 8.86. The zero-order valence-corrected chi connectivity index (χ0v) is 17.6. The normalized spacial score (nSPS) is 13.1. The van der Waals surface area contributed by atoms with Gasteiger partial charge in [0.25, 0.3) is 15.7 Å². The first-order valence-corrected chi connectivity index (χ1v) is 11.3. The SMILES string of the molecule is COCC(C)NS(=O)(=O)c1ccc(NS(=O)(=O)c2cc([N+](=O)[O-])ccc2C)cc1. The fourth-order valence-corrected chi connectivity index (χ4v) is 5.07. The zero-order valence-electron chi connectivity index (χ0n) is 15.9. The summed E-state index contributed by atoms with van der Waals surface area (Å²) in [5.74, 6) is 0. The quantitative estimate of drug-likeness (QED) is 0.445. The first kappa shape index (κ1) is 22.7. The molecule has 2 N–H and O–H groups in total. The molecule has 0 aliphatic carbocycles. The van der Waals surface area contributed by atoms with Gasteiger partial charge in [0.05, 0.1) is 21.3 Å². The monoisotopic (exact) mass is 443 g/mol. The summed E-state index contributed by atoms with van der Waals surface area (Å²) in [6.45, 7) is 3.35. The molecule has 2 aromatic rings. The maximum Gasteiger partial charge on any atom is 0.270 e. The number of anilines is 1. The fourth-order valence-electron chi connectivity index (χ4n) is 2.52. The molecule has 0 saturated heterocycles. The van der Waals surface area contributed by atoms with Gasteiger partial charge >= 0.3 is 0 Å². The molecule has 2 rings (SSSR count). The van der Waals surface area contributed by atoms with Crippen molar-refractivity contribution in [1.29, 1.82) is 0 Å². The van der Waals surface area contributed by atoms with Crippen LogP contribution in [-0.2, 0) is 24.8 Å². The van der Waals surface area contributed by atoms with Crippen molar-refractivity contribution in [2.24, 2.45) is 0 Å². The van der Waals surface area contributed by atoms with Crippen LogP contribution in [-0.4, -0.2) is 41.5 Å². The average Bonchev–Trinajstić information content (AvgIpc) is 2.61. The Labute approximate surface area is 169 Å². The van der Waals surface area contributed by atoms with Gasteiger partial charge in [0.15, 0.2) is 0 Å². The molecule has 0 amide bonds. The lowest BCUT2D eigenvalue weighted by Gasteiger charge is -2.14. The van der Waals surface area contributed by atoms with Crippen LogP contribution in [0.2, 0.25) is 0 Å². The molecule has 158 valence electrons. The van der Waals surface area contributed by atoms with Crippen LogP contribution in [0.15, 0.2) is 52.3 Å². The Morgan fingerprint density at radius 3 is 2.24 bits per heavy atom. The van der Waals surface area contributed by atoms with Crippen molar-refractivity contribution < 1.29 is 26.5 Å². The number of hydrogen-bond donors (Lipinski definition) is 2. The van der Waals surface area contributed by atoms with Gasteiger partial charge in [-0.1, -0.05) is 6.07 Å². The highest BCUT2D eigenvalue weighted by atomic mass is 32.2. The van der Waals surface area contributed by atoms with Crippen LogP contribution in [0, 0.1) is 17.0 Å². The van der Waals surface area contributed by atoms with Gasteiger partial charge in [-0.25, -0.2) is 21.6 Å². The summed E-state index contributed by atoms with van der Waals surface area (Å²) in [7, 11) is -6.46. The molecule has 29 heavy (non-hydrogen) atoms. The number of hydrogen-bond acceptors (Lipinski definition) is 7. The number of ether oxygens (including phenoxy) is 1. The molecule has 0 aromatic heterocycles. The largest absolute Gasteiger partial charge is 0.383 e. The lowest BCUT2D eigenvalue weighted by molar-refractivity contribution is -0.385. The molecule has 0 heterocycles. The van der Waals surface area contributed by atoms with E-state index in [1.807, 2.05) is 0 Å². The zero-order chi connectivity index (χ0) is 21.8. The number of sulfonamides is 2. The lowest BCUT2D eigenvalue weighted by Crippen LogP contribution is -2.35. The summed E-state index contributed by atoms with van der Waals surface area (Å²) in [5, 5.41) is 10.9. The summed E-state index contributed by atoms with van der Waals surface area (Å²) < 4.78 is 59.5. The smallest absolute Gasteiger partial charge is 0.270 e. The van der Waals surface area contributed by atoms with Crippen molar-refractivity contribution in [3.63, 3.8) is 0 Å². The second-order valence-electron chi connectivity index (χ2n) is 6.31. The summed E-state index contributed by atoms with van der Waals surface area (Å²) in [6, 6.07) is 8.16. The molecule has 0 aliphatic heterocycles. The van der Waals surface area contributed by atoms with E-state index in [0.29, 0.717) is 5.56 Å². The first-order valence-electron chi connectivity index (χ1n) is 8.35. The maximum absolute atomic E-state index is 12.6. The van der Waals surface area contributed by atoms with E-state index in [9.17, 15) is 26.9 Å². The minimum atomic E-state index is -4.11. The van der Waals surface area contributed by atoms with Crippen LogP contribution in [0.3, 0.4) is 0 Å². The highest BCUT2D eigenvalue weighted by molar-refractivity contribution is 7.92. The number of methoxy groups -OCH3 is 1. The van der Waals surface area contributed by atoms with E-state index in [4.69, 9.17) is 4.74 Å². The second-order valence-corrected chi connectivity index (χ2v) is 9.68. The molecule has 12 heteroatoms. The number of nitro benzene ring substituents is 1. The van der Waals surface area contributed by atoms with Gasteiger partial charge in [0, 0.05) is 31.0 Å². The molecule has 0 fully saturated rings. The standard InChI is InChI=1S/C17H21N3O7S2/c1-12-4-7-15(20(21)22)10-17(12)29(25,26)19-14-5-8-16(9-6-14)28(23,24)18-13(2)11-27-3/h4-10,13,18-19H,11H2,1-3H3. The average molecular weight is 444 g/mol. The Bertz CT molecular complexity index is 1100. The van der Waals surface area contributed by atoms with Crippen molar-refractivity contribution >= 4 is 31.4 Å². The number of aryl methyl sites for hydroxylation is 1. The number of nitro groups is 1. The molecule has 1 unspecified atom stereocenters. The third-order valence-corrected chi connectivity index (χ3v) is 6.99.